The second-order valence-corrected chi connectivity index (χ2v) is 9.37. The van der Waals surface area contributed by atoms with Crippen LogP contribution >= 0.6 is 11.8 Å². The summed E-state index contributed by atoms with van der Waals surface area (Å²) in [7, 11) is 0. The molecule has 1 N–H and O–H groups in total. The van der Waals surface area contributed by atoms with Gasteiger partial charge in [-0.2, -0.15) is 9.78 Å². The molecule has 2 aromatic rings. The van der Waals surface area contributed by atoms with E-state index in [4.69, 9.17) is 0 Å². The minimum absolute atomic E-state index is 0.232. The van der Waals surface area contributed by atoms with Crippen LogP contribution < -0.4 is 5.56 Å². The third-order valence-corrected chi connectivity index (χ3v) is 4.84. The van der Waals surface area contributed by atoms with Gasteiger partial charge in [-0.05, 0) is 41.7 Å². The fraction of sp³-hybridized carbons (Fsp3) is 0.500. The average Bonchev–Trinajstić information content (AvgIpc) is 2.55. The molecule has 0 atom stereocenters. The molecule has 6 nitrogen and oxygen atoms in total. The topological polar surface area (TPSA) is 80.4 Å². The highest BCUT2D eigenvalue weighted by atomic mass is 32.2. The summed E-state index contributed by atoms with van der Waals surface area (Å²) in [5.41, 5.74) is 2.04. The number of aromatic hydroxyl groups is 1. The van der Waals surface area contributed by atoms with Crippen molar-refractivity contribution in [2.45, 2.75) is 64.5 Å². The summed E-state index contributed by atoms with van der Waals surface area (Å²) in [6, 6.07) is 3.83. The van der Waals surface area contributed by atoms with Crippen LogP contribution in [-0.2, 0) is 10.8 Å². The van der Waals surface area contributed by atoms with Gasteiger partial charge in [0.05, 0.1) is 6.21 Å². The zero-order valence-electron chi connectivity index (χ0n) is 17.3. The molecule has 0 bridgehead atoms. The summed E-state index contributed by atoms with van der Waals surface area (Å²) >= 11 is 1.31. The van der Waals surface area contributed by atoms with Crippen LogP contribution in [0.1, 0.15) is 63.9 Å². The second kappa shape index (κ2) is 7.46. The van der Waals surface area contributed by atoms with Gasteiger partial charge in [-0.1, -0.05) is 53.3 Å². The van der Waals surface area contributed by atoms with Crippen LogP contribution in [0.4, 0.5) is 0 Å². The minimum atomic E-state index is -0.295. The van der Waals surface area contributed by atoms with Gasteiger partial charge >= 0.3 is 0 Å². The summed E-state index contributed by atoms with van der Waals surface area (Å²) in [6.45, 7) is 14.0. The van der Waals surface area contributed by atoms with Crippen molar-refractivity contribution in [2.24, 2.45) is 5.10 Å². The van der Waals surface area contributed by atoms with Gasteiger partial charge in [-0.15, -0.1) is 10.2 Å². The number of nitrogens with zero attached hydrogens (tertiary/aromatic N) is 4. The van der Waals surface area contributed by atoms with Crippen molar-refractivity contribution in [1.29, 1.82) is 0 Å². The third kappa shape index (κ3) is 4.58. The first-order valence-corrected chi connectivity index (χ1v) is 10.0. The van der Waals surface area contributed by atoms with Crippen LogP contribution in [0.15, 0.2) is 27.2 Å². The fourth-order valence-electron chi connectivity index (χ4n) is 2.67. The van der Waals surface area contributed by atoms with Crippen LogP contribution in [0.25, 0.3) is 0 Å². The Labute approximate surface area is 164 Å². The van der Waals surface area contributed by atoms with Gasteiger partial charge in [0.2, 0.25) is 5.16 Å². The maximum Gasteiger partial charge on any atom is 0.296 e. The Bertz CT molecular complexity index is 899. The number of aryl methyl sites for hydroxylation is 1. The van der Waals surface area contributed by atoms with E-state index in [9.17, 15) is 9.90 Å². The molecule has 0 spiro atoms. The maximum absolute atomic E-state index is 12.4. The van der Waals surface area contributed by atoms with Crippen molar-refractivity contribution in [2.75, 3.05) is 6.26 Å². The molecular weight excluding hydrogens is 360 g/mol. The normalized spacial score (nSPS) is 12.7. The Morgan fingerprint density at radius 2 is 1.59 bits per heavy atom. The number of thioether (sulfide) groups is 1. The van der Waals surface area contributed by atoms with E-state index in [0.717, 1.165) is 16.7 Å². The standard InChI is InChI=1S/C20H28N4O2S/c1-12-17(26)24(18(27-8)23-22-12)21-11-13-9-14(19(2,3)4)16(25)15(10-13)20(5,6)7/h9-11,25H,1-8H3/b21-11-. The maximum atomic E-state index is 12.4. The van der Waals surface area contributed by atoms with E-state index in [1.807, 2.05) is 18.4 Å². The molecule has 7 heteroatoms. The van der Waals surface area contributed by atoms with Crippen molar-refractivity contribution < 1.29 is 5.11 Å². The Kier molecular flexibility index (Phi) is 5.85. The lowest BCUT2D eigenvalue weighted by molar-refractivity contribution is 0.423. The summed E-state index contributed by atoms with van der Waals surface area (Å²) < 4.78 is 1.26. The molecule has 0 aliphatic carbocycles. The predicted molar refractivity (Wildman–Crippen MR) is 111 cm³/mol. The zero-order chi connectivity index (χ0) is 20.6. The number of phenols is 1. The molecule has 0 amide bonds. The second-order valence-electron chi connectivity index (χ2n) is 8.60. The molecule has 0 radical (unpaired) electrons. The molecule has 27 heavy (non-hydrogen) atoms. The minimum Gasteiger partial charge on any atom is -0.507 e. The van der Waals surface area contributed by atoms with Gasteiger partial charge in [-0.3, -0.25) is 4.79 Å². The van der Waals surface area contributed by atoms with E-state index in [2.05, 4.69) is 56.8 Å². The highest BCUT2D eigenvalue weighted by Gasteiger charge is 2.26. The lowest BCUT2D eigenvalue weighted by atomic mass is 9.78. The summed E-state index contributed by atoms with van der Waals surface area (Å²) in [6.07, 6.45) is 3.45. The number of benzene rings is 1. The van der Waals surface area contributed by atoms with Crippen LogP contribution in [0.5, 0.6) is 5.75 Å². The van der Waals surface area contributed by atoms with Crippen LogP contribution in [0.3, 0.4) is 0 Å². The molecule has 0 fully saturated rings. The Hall–Kier alpha value is -2.15. The van der Waals surface area contributed by atoms with E-state index in [-0.39, 0.29) is 16.4 Å². The van der Waals surface area contributed by atoms with Crippen LogP contribution in [-0.4, -0.2) is 32.5 Å². The lowest BCUT2D eigenvalue weighted by Crippen LogP contribution is -2.23. The monoisotopic (exact) mass is 388 g/mol. The SMILES string of the molecule is CSc1nnc(C)c(=O)n1/N=C\c1cc(C(C)(C)C)c(O)c(C(C)(C)C)c1. The molecular formula is C20H28N4O2S. The number of phenolic OH excluding ortho intramolecular Hbond substituents is 1. The molecule has 0 aliphatic rings. The first-order valence-electron chi connectivity index (χ1n) is 8.79. The zero-order valence-corrected chi connectivity index (χ0v) is 18.1. The van der Waals surface area contributed by atoms with Crippen molar-refractivity contribution in [3.05, 3.63) is 44.9 Å². The first-order chi connectivity index (χ1) is 12.4. The molecule has 0 saturated carbocycles. The van der Waals surface area contributed by atoms with Gasteiger partial charge in [0.25, 0.3) is 5.56 Å². The lowest BCUT2D eigenvalue weighted by Gasteiger charge is -2.27. The predicted octanol–water partition coefficient (Wildman–Crippen LogP) is 3.85. The molecule has 1 aromatic carbocycles. The molecule has 1 aromatic heterocycles. The summed E-state index contributed by atoms with van der Waals surface area (Å²) in [5.74, 6) is 0.315. The number of hydrogen-bond acceptors (Lipinski definition) is 6. The molecule has 2 rings (SSSR count). The van der Waals surface area contributed by atoms with Gasteiger partial charge < -0.3 is 5.11 Å². The molecule has 146 valence electrons. The van der Waals surface area contributed by atoms with Crippen molar-refractivity contribution in [1.82, 2.24) is 14.9 Å². The largest absolute Gasteiger partial charge is 0.507 e. The molecule has 0 unspecified atom stereocenters. The quantitative estimate of drug-likeness (QED) is 0.638. The van der Waals surface area contributed by atoms with E-state index in [0.29, 0.717) is 16.6 Å². The third-order valence-electron chi connectivity index (χ3n) is 4.22. The van der Waals surface area contributed by atoms with Gasteiger partial charge in [-0.25, -0.2) is 0 Å². The van der Waals surface area contributed by atoms with Gasteiger partial charge in [0.1, 0.15) is 11.4 Å². The summed E-state index contributed by atoms with van der Waals surface area (Å²) in [4.78, 5) is 12.4. The van der Waals surface area contributed by atoms with Crippen LogP contribution in [0.2, 0.25) is 0 Å². The van der Waals surface area contributed by atoms with E-state index in [1.165, 1.54) is 16.4 Å². The highest BCUT2D eigenvalue weighted by Crippen LogP contribution is 2.39. The fourth-order valence-corrected chi connectivity index (χ4v) is 3.10. The number of rotatable bonds is 3. The number of hydrogen-bond donors (Lipinski definition) is 1. The molecule has 1 heterocycles. The molecule has 0 aliphatic heterocycles. The highest BCUT2D eigenvalue weighted by molar-refractivity contribution is 7.98. The Morgan fingerprint density at radius 1 is 1.07 bits per heavy atom. The average molecular weight is 389 g/mol. The van der Waals surface area contributed by atoms with Gasteiger partial charge in [0.15, 0.2) is 0 Å². The van der Waals surface area contributed by atoms with E-state index < -0.39 is 0 Å². The molecule has 0 saturated heterocycles. The Balaban J connectivity index is 2.66. The van der Waals surface area contributed by atoms with Crippen molar-refractivity contribution in [3.8, 4) is 5.75 Å². The van der Waals surface area contributed by atoms with E-state index >= 15 is 0 Å². The van der Waals surface area contributed by atoms with Crippen molar-refractivity contribution >= 4 is 18.0 Å². The summed E-state index contributed by atoms with van der Waals surface area (Å²) in [5, 5.41) is 23.5. The van der Waals surface area contributed by atoms with E-state index in [1.54, 1.807) is 13.1 Å². The number of aromatic nitrogens is 3. The Morgan fingerprint density at radius 3 is 2.04 bits per heavy atom. The van der Waals surface area contributed by atoms with Gasteiger partial charge in [0, 0.05) is 11.1 Å². The smallest absolute Gasteiger partial charge is 0.296 e. The first kappa shape index (κ1) is 21.2. The van der Waals surface area contributed by atoms with Crippen molar-refractivity contribution in [3.63, 3.8) is 0 Å². The van der Waals surface area contributed by atoms with Crippen LogP contribution in [0, 0.1) is 6.92 Å².